The molecule has 4 heteroatoms. The molecule has 21 heavy (non-hydrogen) atoms. The van der Waals surface area contributed by atoms with Crippen molar-refractivity contribution in [2.24, 2.45) is 0 Å². The van der Waals surface area contributed by atoms with Crippen molar-refractivity contribution in [3.05, 3.63) is 58.9 Å². The second-order valence-corrected chi connectivity index (χ2v) is 4.35. The zero-order valence-electron chi connectivity index (χ0n) is 11.6. The Balaban J connectivity index is 2.11. The molecule has 0 radical (unpaired) electrons. The molecule has 1 heterocycles. The van der Waals surface area contributed by atoms with Crippen molar-refractivity contribution in [2.75, 3.05) is 6.61 Å². The standard InChI is InChI=1S/C17H14N2O2/c1-13-10-16(7-6-14(13)5-3-9-20)21-12-15-4-2-8-19-17(15)11-18/h2,4,6-8,10,20H,9,12H2,1H3. The summed E-state index contributed by atoms with van der Waals surface area (Å²) in [5, 5.41) is 17.7. The summed E-state index contributed by atoms with van der Waals surface area (Å²) in [4.78, 5) is 3.99. The molecule has 0 atom stereocenters. The van der Waals surface area contributed by atoms with Crippen molar-refractivity contribution in [2.45, 2.75) is 13.5 Å². The number of aryl methyl sites for hydroxylation is 1. The summed E-state index contributed by atoms with van der Waals surface area (Å²) in [6.45, 7) is 2.06. The molecule has 0 spiro atoms. The van der Waals surface area contributed by atoms with Gasteiger partial charge in [-0.3, -0.25) is 0 Å². The first-order valence-electron chi connectivity index (χ1n) is 6.41. The molecule has 0 unspecified atom stereocenters. The second-order valence-electron chi connectivity index (χ2n) is 4.35. The van der Waals surface area contributed by atoms with E-state index < -0.39 is 0 Å². The van der Waals surface area contributed by atoms with Crippen molar-refractivity contribution in [3.8, 4) is 23.7 Å². The van der Waals surface area contributed by atoms with Gasteiger partial charge in [0.15, 0.2) is 0 Å². The number of hydrogen-bond donors (Lipinski definition) is 1. The van der Waals surface area contributed by atoms with Gasteiger partial charge in [0.25, 0.3) is 0 Å². The molecule has 4 nitrogen and oxygen atoms in total. The molecule has 0 saturated carbocycles. The Bertz CT molecular complexity index is 736. The fourth-order valence-corrected chi connectivity index (χ4v) is 1.82. The van der Waals surface area contributed by atoms with Crippen LogP contribution < -0.4 is 4.74 Å². The first kappa shape index (κ1) is 14.6. The largest absolute Gasteiger partial charge is 0.489 e. The number of benzene rings is 1. The van der Waals surface area contributed by atoms with Crippen LogP contribution in [0.25, 0.3) is 0 Å². The van der Waals surface area contributed by atoms with Crippen LogP contribution in [0.2, 0.25) is 0 Å². The van der Waals surface area contributed by atoms with Gasteiger partial charge in [0.05, 0.1) is 0 Å². The molecule has 0 aliphatic rings. The number of hydrogen-bond acceptors (Lipinski definition) is 4. The zero-order valence-corrected chi connectivity index (χ0v) is 11.6. The molecule has 1 aromatic carbocycles. The van der Waals surface area contributed by atoms with Gasteiger partial charge in [-0.15, -0.1) is 0 Å². The van der Waals surface area contributed by atoms with Crippen molar-refractivity contribution < 1.29 is 9.84 Å². The van der Waals surface area contributed by atoms with E-state index in [4.69, 9.17) is 15.1 Å². The molecule has 0 fully saturated rings. The predicted molar refractivity (Wildman–Crippen MR) is 78.4 cm³/mol. The van der Waals surface area contributed by atoms with Crippen molar-refractivity contribution >= 4 is 0 Å². The van der Waals surface area contributed by atoms with E-state index in [2.05, 4.69) is 16.8 Å². The van der Waals surface area contributed by atoms with Gasteiger partial charge in [0, 0.05) is 17.3 Å². The van der Waals surface area contributed by atoms with Gasteiger partial charge in [-0.05, 0) is 36.8 Å². The Kier molecular flexibility index (Phi) is 4.93. The highest BCUT2D eigenvalue weighted by molar-refractivity contribution is 5.44. The van der Waals surface area contributed by atoms with Gasteiger partial charge >= 0.3 is 0 Å². The Labute approximate surface area is 123 Å². The molecule has 1 N–H and O–H groups in total. The molecule has 0 aliphatic heterocycles. The lowest BCUT2D eigenvalue weighted by Crippen LogP contribution is -2.00. The Hall–Kier alpha value is -2.82. The normalized spacial score (nSPS) is 9.38. The van der Waals surface area contributed by atoms with Gasteiger partial charge in [-0.2, -0.15) is 5.26 Å². The van der Waals surface area contributed by atoms with Crippen LogP contribution in [0.5, 0.6) is 5.75 Å². The Morgan fingerprint density at radius 2 is 2.19 bits per heavy atom. The number of nitriles is 1. The molecule has 104 valence electrons. The molecule has 0 amide bonds. The number of aliphatic hydroxyl groups is 1. The summed E-state index contributed by atoms with van der Waals surface area (Å²) < 4.78 is 5.69. The molecule has 0 aliphatic carbocycles. The minimum atomic E-state index is -0.157. The molecular formula is C17H14N2O2. The van der Waals surface area contributed by atoms with E-state index in [1.165, 1.54) is 0 Å². The fourth-order valence-electron chi connectivity index (χ4n) is 1.82. The van der Waals surface area contributed by atoms with Crippen LogP contribution in [-0.4, -0.2) is 16.7 Å². The average molecular weight is 278 g/mol. The van der Waals surface area contributed by atoms with E-state index in [-0.39, 0.29) is 13.2 Å². The quantitative estimate of drug-likeness (QED) is 0.874. The minimum Gasteiger partial charge on any atom is -0.489 e. The summed E-state index contributed by atoms with van der Waals surface area (Å²) in [6, 6.07) is 11.2. The first-order valence-corrected chi connectivity index (χ1v) is 6.41. The summed E-state index contributed by atoms with van der Waals surface area (Å²) in [6.07, 6.45) is 1.58. The summed E-state index contributed by atoms with van der Waals surface area (Å²) in [7, 11) is 0. The predicted octanol–water partition coefficient (Wildman–Crippen LogP) is 2.18. The second kappa shape index (κ2) is 7.09. The van der Waals surface area contributed by atoms with E-state index in [9.17, 15) is 0 Å². The average Bonchev–Trinajstić information content (AvgIpc) is 2.52. The van der Waals surface area contributed by atoms with Crippen molar-refractivity contribution in [1.82, 2.24) is 4.98 Å². The van der Waals surface area contributed by atoms with Crippen LogP contribution in [-0.2, 0) is 6.61 Å². The molecule has 2 aromatic rings. The number of pyridine rings is 1. The number of nitrogens with zero attached hydrogens (tertiary/aromatic N) is 2. The monoisotopic (exact) mass is 278 g/mol. The lowest BCUT2D eigenvalue weighted by atomic mass is 10.1. The third-order valence-electron chi connectivity index (χ3n) is 2.89. The third-order valence-corrected chi connectivity index (χ3v) is 2.89. The molecule has 1 aromatic heterocycles. The highest BCUT2D eigenvalue weighted by Gasteiger charge is 2.04. The van der Waals surface area contributed by atoms with E-state index in [0.29, 0.717) is 11.4 Å². The number of ether oxygens (including phenoxy) is 1. The van der Waals surface area contributed by atoms with Gasteiger partial charge in [0.1, 0.15) is 30.7 Å². The van der Waals surface area contributed by atoms with Crippen LogP contribution in [0.15, 0.2) is 36.5 Å². The van der Waals surface area contributed by atoms with E-state index >= 15 is 0 Å². The summed E-state index contributed by atoms with van der Waals surface area (Å²) in [5.41, 5.74) is 2.96. The van der Waals surface area contributed by atoms with E-state index in [1.54, 1.807) is 12.3 Å². The van der Waals surface area contributed by atoms with E-state index in [0.717, 1.165) is 16.7 Å². The Morgan fingerprint density at radius 3 is 2.90 bits per heavy atom. The maximum Gasteiger partial charge on any atom is 0.147 e. The fraction of sp³-hybridized carbons (Fsp3) is 0.176. The maximum atomic E-state index is 8.97. The van der Waals surface area contributed by atoms with Crippen molar-refractivity contribution in [3.63, 3.8) is 0 Å². The van der Waals surface area contributed by atoms with Crippen molar-refractivity contribution in [1.29, 1.82) is 5.26 Å². The lowest BCUT2D eigenvalue weighted by molar-refractivity contribution is 0.305. The smallest absolute Gasteiger partial charge is 0.147 e. The highest BCUT2D eigenvalue weighted by Crippen LogP contribution is 2.18. The molecule has 0 bridgehead atoms. The van der Waals surface area contributed by atoms with Gasteiger partial charge in [0.2, 0.25) is 0 Å². The van der Waals surface area contributed by atoms with Crippen LogP contribution in [0, 0.1) is 30.1 Å². The van der Waals surface area contributed by atoms with Crippen LogP contribution >= 0.6 is 0 Å². The van der Waals surface area contributed by atoms with Gasteiger partial charge in [-0.1, -0.05) is 17.9 Å². The number of aromatic nitrogens is 1. The van der Waals surface area contributed by atoms with Gasteiger partial charge < -0.3 is 9.84 Å². The van der Waals surface area contributed by atoms with Crippen LogP contribution in [0.3, 0.4) is 0 Å². The highest BCUT2D eigenvalue weighted by atomic mass is 16.5. The molecule has 0 saturated heterocycles. The summed E-state index contributed by atoms with van der Waals surface area (Å²) in [5.74, 6) is 6.19. The third kappa shape index (κ3) is 3.82. The molecule has 2 rings (SSSR count). The van der Waals surface area contributed by atoms with Crippen LogP contribution in [0.4, 0.5) is 0 Å². The maximum absolute atomic E-state index is 8.97. The lowest BCUT2D eigenvalue weighted by Gasteiger charge is -2.08. The minimum absolute atomic E-state index is 0.157. The molecular weight excluding hydrogens is 264 g/mol. The zero-order chi connectivity index (χ0) is 15.1. The first-order chi connectivity index (χ1) is 10.2. The topological polar surface area (TPSA) is 66.1 Å². The SMILES string of the molecule is Cc1cc(OCc2cccnc2C#N)ccc1C#CCO. The Morgan fingerprint density at radius 1 is 1.33 bits per heavy atom. The van der Waals surface area contributed by atoms with Crippen LogP contribution in [0.1, 0.15) is 22.4 Å². The van der Waals surface area contributed by atoms with Gasteiger partial charge in [-0.25, -0.2) is 4.98 Å². The number of rotatable bonds is 3. The van der Waals surface area contributed by atoms with E-state index in [1.807, 2.05) is 37.3 Å². The summed E-state index contributed by atoms with van der Waals surface area (Å²) >= 11 is 0. The number of aliphatic hydroxyl groups excluding tert-OH is 1.